The van der Waals surface area contributed by atoms with Crippen molar-refractivity contribution in [3.05, 3.63) is 71.4 Å². The number of para-hydroxylation sites is 1. The molecule has 0 radical (unpaired) electrons. The number of nitrogens with one attached hydrogen (secondary N) is 2. The Morgan fingerprint density at radius 3 is 2.55 bits per heavy atom. The molecule has 0 atom stereocenters. The molecule has 5 heteroatoms. The Hall–Kier alpha value is -2.92. The van der Waals surface area contributed by atoms with E-state index in [9.17, 15) is 4.79 Å². The molecule has 1 fully saturated rings. The second kappa shape index (κ2) is 9.48. The van der Waals surface area contributed by atoms with Gasteiger partial charge in [-0.1, -0.05) is 48.9 Å². The van der Waals surface area contributed by atoms with Crippen LogP contribution < -0.4 is 10.2 Å². The summed E-state index contributed by atoms with van der Waals surface area (Å²) >= 11 is 0. The van der Waals surface area contributed by atoms with E-state index in [1.165, 1.54) is 18.5 Å². The van der Waals surface area contributed by atoms with Gasteiger partial charge in [-0.2, -0.15) is 5.10 Å². The number of hydrogen-bond acceptors (Lipinski definition) is 2. The van der Waals surface area contributed by atoms with E-state index < -0.39 is 0 Å². The van der Waals surface area contributed by atoms with Crippen molar-refractivity contribution in [1.29, 1.82) is 0 Å². The fraction of sp³-hybridized carbons (Fsp3) is 0.385. The first-order valence-electron chi connectivity index (χ1n) is 11.4. The number of piperidine rings is 1. The minimum Gasteiger partial charge on any atom is -0.349 e. The number of hydrogen-bond donors (Lipinski definition) is 2. The normalized spacial score (nSPS) is 18.7. The summed E-state index contributed by atoms with van der Waals surface area (Å²) in [6.45, 7) is 9.89. The van der Waals surface area contributed by atoms with E-state index in [1.807, 2.05) is 41.2 Å². The van der Waals surface area contributed by atoms with Crippen LogP contribution in [-0.2, 0) is 0 Å². The summed E-state index contributed by atoms with van der Waals surface area (Å²) in [5.74, 6) is -0.0268. The van der Waals surface area contributed by atoms with Crippen LogP contribution >= 0.6 is 0 Å². The lowest BCUT2D eigenvalue weighted by molar-refractivity contribution is -0.905. The Morgan fingerprint density at radius 1 is 1.13 bits per heavy atom. The summed E-state index contributed by atoms with van der Waals surface area (Å²) in [7, 11) is 0. The Bertz CT molecular complexity index is 1030. The molecular formula is C26H33N4O+. The third-order valence-electron chi connectivity index (χ3n) is 6.25. The highest BCUT2D eigenvalue weighted by atomic mass is 16.1. The molecule has 0 aliphatic carbocycles. The van der Waals surface area contributed by atoms with Crippen molar-refractivity contribution in [3.8, 4) is 16.9 Å². The zero-order valence-corrected chi connectivity index (χ0v) is 18.8. The molecule has 4 rings (SSSR count). The number of amides is 1. The molecule has 0 unspecified atom stereocenters. The third-order valence-corrected chi connectivity index (χ3v) is 6.25. The third kappa shape index (κ3) is 4.88. The van der Waals surface area contributed by atoms with Crippen molar-refractivity contribution in [3.63, 3.8) is 0 Å². The number of aryl methyl sites for hydroxylation is 2. The number of benzene rings is 2. The molecule has 1 amide bonds. The van der Waals surface area contributed by atoms with Crippen LogP contribution in [-0.4, -0.2) is 41.4 Å². The second-order valence-electron chi connectivity index (χ2n) is 8.74. The molecule has 2 heterocycles. The van der Waals surface area contributed by atoms with Crippen molar-refractivity contribution >= 4 is 5.91 Å². The van der Waals surface area contributed by atoms with Crippen LogP contribution in [0.5, 0.6) is 0 Å². The highest BCUT2D eigenvalue weighted by Gasteiger charge is 2.26. The van der Waals surface area contributed by atoms with E-state index in [1.54, 1.807) is 4.90 Å². The molecule has 0 spiro atoms. The fourth-order valence-corrected chi connectivity index (χ4v) is 4.57. The molecule has 0 bridgehead atoms. The predicted octanol–water partition coefficient (Wildman–Crippen LogP) is 3.34. The van der Waals surface area contributed by atoms with Crippen molar-refractivity contribution in [2.45, 2.75) is 46.1 Å². The van der Waals surface area contributed by atoms with Crippen molar-refractivity contribution < 1.29 is 9.69 Å². The van der Waals surface area contributed by atoms with Crippen LogP contribution in [0.3, 0.4) is 0 Å². The Balaban J connectivity index is 1.62. The maximum absolute atomic E-state index is 13.4. The molecule has 2 N–H and O–H groups in total. The zero-order chi connectivity index (χ0) is 21.8. The summed E-state index contributed by atoms with van der Waals surface area (Å²) in [6, 6.07) is 16.5. The lowest BCUT2D eigenvalue weighted by atomic mass is 9.99. The molecular weight excluding hydrogens is 384 g/mol. The number of likely N-dealkylation sites (tertiary alicyclic amines) is 1. The van der Waals surface area contributed by atoms with Gasteiger partial charge in [0.05, 0.1) is 30.9 Å². The summed E-state index contributed by atoms with van der Waals surface area (Å²) in [4.78, 5) is 15.0. The second-order valence-corrected chi connectivity index (χ2v) is 8.74. The van der Waals surface area contributed by atoms with Crippen LogP contribution in [0, 0.1) is 13.8 Å². The average molecular weight is 418 g/mol. The highest BCUT2D eigenvalue weighted by molar-refractivity contribution is 6.00. The van der Waals surface area contributed by atoms with Crippen LogP contribution in [0.25, 0.3) is 16.9 Å². The molecule has 31 heavy (non-hydrogen) atoms. The van der Waals surface area contributed by atoms with Crippen LogP contribution in [0.15, 0.2) is 54.7 Å². The van der Waals surface area contributed by atoms with Gasteiger partial charge in [-0.25, -0.2) is 4.68 Å². The minimum atomic E-state index is -0.0268. The minimum absolute atomic E-state index is 0.0268. The van der Waals surface area contributed by atoms with E-state index in [0.29, 0.717) is 5.56 Å². The zero-order valence-electron chi connectivity index (χ0n) is 18.8. The molecule has 3 aromatic rings. The molecule has 1 aliphatic heterocycles. The van der Waals surface area contributed by atoms with Gasteiger partial charge in [-0.15, -0.1) is 0 Å². The van der Waals surface area contributed by atoms with E-state index in [-0.39, 0.29) is 11.9 Å². The van der Waals surface area contributed by atoms with E-state index in [0.717, 1.165) is 48.4 Å². The lowest BCUT2D eigenvalue weighted by Gasteiger charge is -2.29. The highest BCUT2D eigenvalue weighted by Crippen LogP contribution is 2.27. The maximum atomic E-state index is 13.4. The monoisotopic (exact) mass is 417 g/mol. The molecule has 1 aliphatic rings. The van der Waals surface area contributed by atoms with Crippen LogP contribution in [0.2, 0.25) is 0 Å². The number of rotatable bonds is 6. The van der Waals surface area contributed by atoms with E-state index >= 15 is 0 Å². The van der Waals surface area contributed by atoms with Gasteiger partial charge in [0.2, 0.25) is 0 Å². The van der Waals surface area contributed by atoms with Gasteiger partial charge in [0.1, 0.15) is 5.69 Å². The van der Waals surface area contributed by atoms with E-state index in [4.69, 9.17) is 5.10 Å². The fourth-order valence-electron chi connectivity index (χ4n) is 4.57. The Morgan fingerprint density at radius 2 is 1.87 bits per heavy atom. The van der Waals surface area contributed by atoms with Crippen LogP contribution in [0.4, 0.5) is 0 Å². The van der Waals surface area contributed by atoms with Crippen molar-refractivity contribution in [1.82, 2.24) is 15.1 Å². The van der Waals surface area contributed by atoms with E-state index in [2.05, 4.69) is 44.3 Å². The first-order chi connectivity index (χ1) is 15.0. The summed E-state index contributed by atoms with van der Waals surface area (Å²) in [5, 5.41) is 8.14. The van der Waals surface area contributed by atoms with Gasteiger partial charge < -0.3 is 10.2 Å². The standard InChI is InChI=1S/C26H32N4O/c1-4-14-29-15-12-21(13-16-29)27-26(31)24-18-30(22-8-6-5-7-9-22)28-25(24)23-11-10-19(2)17-20(23)3/h5-11,17-18,21H,4,12-16H2,1-3H3,(H,27,31)/p+1. The number of aromatic nitrogens is 2. The SMILES string of the molecule is CCC[NH+]1CCC(NC(=O)c2cn(-c3ccccc3)nc2-c2ccc(C)cc2C)CC1. The van der Waals surface area contributed by atoms with Gasteiger partial charge in [0.15, 0.2) is 0 Å². The molecule has 5 nitrogen and oxygen atoms in total. The Labute approximate surface area is 185 Å². The average Bonchev–Trinajstić information content (AvgIpc) is 3.21. The summed E-state index contributed by atoms with van der Waals surface area (Å²) in [6.07, 6.45) is 5.15. The summed E-state index contributed by atoms with van der Waals surface area (Å²) in [5.41, 5.74) is 5.67. The summed E-state index contributed by atoms with van der Waals surface area (Å²) < 4.78 is 1.82. The maximum Gasteiger partial charge on any atom is 0.255 e. The first kappa shape index (κ1) is 21.3. The van der Waals surface area contributed by atoms with Gasteiger partial charge in [0, 0.05) is 30.6 Å². The molecule has 162 valence electrons. The first-order valence-corrected chi connectivity index (χ1v) is 11.4. The molecule has 1 saturated heterocycles. The lowest BCUT2D eigenvalue weighted by Crippen LogP contribution is -3.13. The smallest absolute Gasteiger partial charge is 0.255 e. The molecule has 1 aromatic heterocycles. The van der Waals surface area contributed by atoms with Gasteiger partial charge in [-0.3, -0.25) is 4.79 Å². The number of carbonyl (C=O) groups excluding carboxylic acids is 1. The van der Waals surface area contributed by atoms with Gasteiger partial charge >= 0.3 is 0 Å². The number of quaternary nitrogens is 1. The van der Waals surface area contributed by atoms with Gasteiger partial charge in [0.25, 0.3) is 5.91 Å². The van der Waals surface area contributed by atoms with Crippen LogP contribution in [0.1, 0.15) is 47.7 Å². The quantitative estimate of drug-likeness (QED) is 0.646. The van der Waals surface area contributed by atoms with Crippen molar-refractivity contribution in [2.24, 2.45) is 0 Å². The largest absolute Gasteiger partial charge is 0.349 e. The molecule has 2 aromatic carbocycles. The van der Waals surface area contributed by atoms with Gasteiger partial charge in [-0.05, 0) is 38.0 Å². The predicted molar refractivity (Wildman–Crippen MR) is 125 cm³/mol. The van der Waals surface area contributed by atoms with Crippen molar-refractivity contribution in [2.75, 3.05) is 19.6 Å². The number of nitrogens with zero attached hydrogens (tertiary/aromatic N) is 2. The topological polar surface area (TPSA) is 51.4 Å². The molecule has 0 saturated carbocycles. The number of carbonyl (C=O) groups is 1. The Kier molecular flexibility index (Phi) is 6.52.